The van der Waals surface area contributed by atoms with Crippen LogP contribution in [0.2, 0.25) is 0 Å². The van der Waals surface area contributed by atoms with E-state index in [1.807, 2.05) is 50.2 Å². The maximum absolute atomic E-state index is 12.6. The van der Waals surface area contributed by atoms with Gasteiger partial charge in [-0.05, 0) is 43.0 Å². The molecular formula is C24H23NO5. The summed E-state index contributed by atoms with van der Waals surface area (Å²) in [6, 6.07) is 12.8. The van der Waals surface area contributed by atoms with Gasteiger partial charge in [-0.1, -0.05) is 30.3 Å². The number of aliphatic hydroxyl groups excluding tert-OH is 1. The summed E-state index contributed by atoms with van der Waals surface area (Å²) in [6.45, 7) is 3.57. The number of carbonyl (C=O) groups excluding carboxylic acids is 1. The van der Waals surface area contributed by atoms with E-state index in [1.54, 1.807) is 12.3 Å². The number of aryl methyl sites for hydroxylation is 2. The summed E-state index contributed by atoms with van der Waals surface area (Å²) in [5.74, 6) is -0.333. The average Bonchev–Trinajstić information content (AvgIpc) is 3.10. The molecule has 1 atom stereocenters. The van der Waals surface area contributed by atoms with E-state index < -0.39 is 11.7 Å². The number of fused-ring (bicyclic) bond motifs is 2. The van der Waals surface area contributed by atoms with Gasteiger partial charge in [-0.2, -0.15) is 0 Å². The number of aliphatic hydroxyl groups is 1. The van der Waals surface area contributed by atoms with E-state index in [9.17, 15) is 14.7 Å². The van der Waals surface area contributed by atoms with Crippen molar-refractivity contribution in [1.82, 2.24) is 5.32 Å². The van der Waals surface area contributed by atoms with Crippen LogP contribution >= 0.6 is 0 Å². The quantitative estimate of drug-likeness (QED) is 0.480. The normalized spacial score (nSPS) is 12.4. The number of amides is 1. The summed E-state index contributed by atoms with van der Waals surface area (Å²) in [5, 5.41) is 14.2. The van der Waals surface area contributed by atoms with Crippen LogP contribution in [0, 0.1) is 13.8 Å². The second kappa shape index (κ2) is 8.16. The molecule has 2 heterocycles. The fraction of sp³-hybridized carbons (Fsp3) is 0.250. The van der Waals surface area contributed by atoms with Crippen LogP contribution in [-0.4, -0.2) is 23.7 Å². The van der Waals surface area contributed by atoms with Gasteiger partial charge in [-0.25, -0.2) is 4.79 Å². The van der Waals surface area contributed by atoms with Crippen LogP contribution in [0.3, 0.4) is 0 Å². The Morgan fingerprint density at radius 2 is 1.87 bits per heavy atom. The van der Waals surface area contributed by atoms with Gasteiger partial charge < -0.3 is 19.3 Å². The second-order valence-corrected chi connectivity index (χ2v) is 7.57. The topological polar surface area (TPSA) is 92.7 Å². The fourth-order valence-electron chi connectivity index (χ4n) is 3.74. The minimum absolute atomic E-state index is 0.113. The number of carbonyl (C=O) groups is 1. The van der Waals surface area contributed by atoms with Gasteiger partial charge in [0.1, 0.15) is 11.2 Å². The average molecular weight is 405 g/mol. The molecular weight excluding hydrogens is 382 g/mol. The molecule has 6 nitrogen and oxygen atoms in total. The summed E-state index contributed by atoms with van der Waals surface area (Å²) >= 11 is 0. The van der Waals surface area contributed by atoms with E-state index in [0.29, 0.717) is 28.7 Å². The van der Waals surface area contributed by atoms with Gasteiger partial charge in [0.25, 0.3) is 0 Å². The van der Waals surface area contributed by atoms with E-state index in [2.05, 4.69) is 5.32 Å². The van der Waals surface area contributed by atoms with Gasteiger partial charge in [0.15, 0.2) is 0 Å². The minimum atomic E-state index is -0.540. The highest BCUT2D eigenvalue weighted by Crippen LogP contribution is 2.28. The largest absolute Gasteiger partial charge is 0.464 e. The van der Waals surface area contributed by atoms with E-state index in [1.165, 1.54) is 0 Å². The SMILES string of the molecule is Cc1coc2cc3oc(=O)c(CC(=O)NC(CO)Cc4ccccc4)c(C)c3cc12. The van der Waals surface area contributed by atoms with Crippen molar-refractivity contribution >= 4 is 27.8 Å². The van der Waals surface area contributed by atoms with Gasteiger partial charge >= 0.3 is 5.63 Å². The van der Waals surface area contributed by atoms with Gasteiger partial charge in [0, 0.05) is 16.8 Å². The van der Waals surface area contributed by atoms with E-state index >= 15 is 0 Å². The summed E-state index contributed by atoms with van der Waals surface area (Å²) in [4.78, 5) is 25.2. The summed E-state index contributed by atoms with van der Waals surface area (Å²) in [5.41, 5.74) is 3.57. The standard InChI is InChI=1S/C24H23NO5/c1-14-13-29-21-11-22-19(9-18(14)21)15(2)20(24(28)30-22)10-23(27)25-17(12-26)8-16-6-4-3-5-7-16/h3-7,9,11,13,17,26H,8,10,12H2,1-2H3,(H,25,27). The first-order valence-electron chi connectivity index (χ1n) is 9.84. The Labute approximate surface area is 173 Å². The van der Waals surface area contributed by atoms with E-state index in [0.717, 1.165) is 21.9 Å². The lowest BCUT2D eigenvalue weighted by Crippen LogP contribution is -2.40. The fourth-order valence-corrected chi connectivity index (χ4v) is 3.74. The molecule has 154 valence electrons. The summed E-state index contributed by atoms with van der Waals surface area (Å²) in [6.07, 6.45) is 2.05. The number of rotatable bonds is 6. The van der Waals surface area contributed by atoms with Crippen LogP contribution in [0.4, 0.5) is 0 Å². The van der Waals surface area contributed by atoms with Crippen molar-refractivity contribution in [3.05, 3.63) is 81.4 Å². The number of nitrogens with one attached hydrogen (secondary N) is 1. The van der Waals surface area contributed by atoms with Crippen molar-refractivity contribution < 1.29 is 18.7 Å². The van der Waals surface area contributed by atoms with Crippen molar-refractivity contribution in [2.24, 2.45) is 0 Å². The molecule has 6 heteroatoms. The summed E-state index contributed by atoms with van der Waals surface area (Å²) in [7, 11) is 0. The zero-order valence-electron chi connectivity index (χ0n) is 16.9. The molecule has 1 amide bonds. The molecule has 0 radical (unpaired) electrons. The smallest absolute Gasteiger partial charge is 0.340 e. The van der Waals surface area contributed by atoms with Crippen molar-refractivity contribution in [1.29, 1.82) is 0 Å². The second-order valence-electron chi connectivity index (χ2n) is 7.57. The first-order chi connectivity index (χ1) is 14.5. The van der Waals surface area contributed by atoms with Crippen molar-refractivity contribution in [3.8, 4) is 0 Å². The highest BCUT2D eigenvalue weighted by atomic mass is 16.4. The third-order valence-electron chi connectivity index (χ3n) is 5.42. The molecule has 0 bridgehead atoms. The van der Waals surface area contributed by atoms with Crippen LogP contribution < -0.4 is 10.9 Å². The zero-order chi connectivity index (χ0) is 21.3. The van der Waals surface area contributed by atoms with Gasteiger partial charge in [-0.15, -0.1) is 0 Å². The third-order valence-corrected chi connectivity index (χ3v) is 5.42. The number of furan rings is 1. The molecule has 2 aromatic carbocycles. The molecule has 0 saturated carbocycles. The first kappa shape index (κ1) is 19.9. The van der Waals surface area contributed by atoms with Crippen molar-refractivity contribution in [3.63, 3.8) is 0 Å². The molecule has 2 aromatic heterocycles. The molecule has 2 N–H and O–H groups in total. The Balaban J connectivity index is 1.59. The van der Waals surface area contributed by atoms with Crippen molar-refractivity contribution in [2.45, 2.75) is 32.7 Å². The Morgan fingerprint density at radius 1 is 1.10 bits per heavy atom. The van der Waals surface area contributed by atoms with Crippen LogP contribution in [0.1, 0.15) is 22.3 Å². The van der Waals surface area contributed by atoms with Gasteiger partial charge in [-0.3, -0.25) is 4.79 Å². The van der Waals surface area contributed by atoms with Crippen LogP contribution in [0.15, 0.2) is 62.4 Å². The highest BCUT2D eigenvalue weighted by molar-refractivity contribution is 5.96. The van der Waals surface area contributed by atoms with Gasteiger partial charge in [0.2, 0.25) is 5.91 Å². The molecule has 0 aliphatic rings. The lowest BCUT2D eigenvalue weighted by molar-refractivity contribution is -0.121. The predicted molar refractivity (Wildman–Crippen MR) is 115 cm³/mol. The molecule has 4 rings (SSSR count). The zero-order valence-corrected chi connectivity index (χ0v) is 16.9. The number of hydrogen-bond donors (Lipinski definition) is 2. The van der Waals surface area contributed by atoms with Crippen LogP contribution in [0.5, 0.6) is 0 Å². The Kier molecular flexibility index (Phi) is 5.42. The van der Waals surface area contributed by atoms with E-state index in [-0.39, 0.29) is 18.9 Å². The minimum Gasteiger partial charge on any atom is -0.464 e. The monoisotopic (exact) mass is 405 g/mol. The summed E-state index contributed by atoms with van der Waals surface area (Å²) < 4.78 is 11.0. The molecule has 30 heavy (non-hydrogen) atoms. The maximum Gasteiger partial charge on any atom is 0.340 e. The Hall–Kier alpha value is -3.38. The molecule has 0 aliphatic heterocycles. The van der Waals surface area contributed by atoms with Crippen LogP contribution in [-0.2, 0) is 17.6 Å². The van der Waals surface area contributed by atoms with E-state index in [4.69, 9.17) is 8.83 Å². The maximum atomic E-state index is 12.6. The molecule has 0 saturated heterocycles. The Bertz CT molecular complexity index is 1270. The third kappa shape index (κ3) is 3.86. The van der Waals surface area contributed by atoms with Gasteiger partial charge in [0.05, 0.1) is 30.9 Å². The lowest BCUT2D eigenvalue weighted by atomic mass is 10.0. The molecule has 4 aromatic rings. The highest BCUT2D eigenvalue weighted by Gasteiger charge is 2.19. The number of hydrogen-bond acceptors (Lipinski definition) is 5. The Morgan fingerprint density at radius 3 is 2.60 bits per heavy atom. The lowest BCUT2D eigenvalue weighted by Gasteiger charge is -2.17. The molecule has 0 spiro atoms. The first-order valence-corrected chi connectivity index (χ1v) is 9.84. The number of benzene rings is 2. The molecule has 0 aliphatic carbocycles. The molecule has 1 unspecified atom stereocenters. The predicted octanol–water partition coefficient (Wildman–Crippen LogP) is 3.42. The van der Waals surface area contributed by atoms with Crippen molar-refractivity contribution in [2.75, 3.05) is 6.61 Å². The van der Waals surface area contributed by atoms with Crippen LogP contribution in [0.25, 0.3) is 21.9 Å². The molecule has 0 fully saturated rings.